The SMILES string of the molecule is O=C(N[C@H]1CCC[C@H]1C(=O)O)c1cn2ccccc2n1. The van der Waals surface area contributed by atoms with Gasteiger partial charge in [-0.2, -0.15) is 0 Å². The van der Waals surface area contributed by atoms with E-state index in [0.717, 1.165) is 6.42 Å². The van der Waals surface area contributed by atoms with Crippen molar-refractivity contribution in [3.8, 4) is 0 Å². The molecule has 104 valence electrons. The Hall–Kier alpha value is -2.37. The quantitative estimate of drug-likeness (QED) is 0.883. The molecule has 6 heteroatoms. The van der Waals surface area contributed by atoms with Crippen LogP contribution >= 0.6 is 0 Å². The average Bonchev–Trinajstić information content (AvgIpc) is 3.03. The van der Waals surface area contributed by atoms with E-state index < -0.39 is 11.9 Å². The van der Waals surface area contributed by atoms with Crippen LogP contribution in [0.1, 0.15) is 29.8 Å². The van der Waals surface area contributed by atoms with E-state index in [1.807, 2.05) is 24.4 Å². The second-order valence-corrected chi connectivity index (χ2v) is 5.05. The number of pyridine rings is 1. The number of carboxylic acids is 1. The van der Waals surface area contributed by atoms with E-state index in [1.54, 1.807) is 10.6 Å². The van der Waals surface area contributed by atoms with Gasteiger partial charge in [0.1, 0.15) is 11.3 Å². The maximum Gasteiger partial charge on any atom is 0.308 e. The molecule has 2 atom stereocenters. The third kappa shape index (κ3) is 2.24. The molecule has 2 heterocycles. The van der Waals surface area contributed by atoms with Crippen LogP contribution in [0.4, 0.5) is 0 Å². The van der Waals surface area contributed by atoms with Crippen molar-refractivity contribution < 1.29 is 14.7 Å². The zero-order chi connectivity index (χ0) is 14.1. The first-order valence-corrected chi connectivity index (χ1v) is 6.62. The van der Waals surface area contributed by atoms with Crippen LogP contribution in [0, 0.1) is 5.92 Å². The van der Waals surface area contributed by atoms with Gasteiger partial charge in [0.25, 0.3) is 5.91 Å². The molecule has 3 rings (SSSR count). The minimum Gasteiger partial charge on any atom is -0.481 e. The van der Waals surface area contributed by atoms with Crippen molar-refractivity contribution in [2.45, 2.75) is 25.3 Å². The van der Waals surface area contributed by atoms with Crippen LogP contribution in [0.25, 0.3) is 5.65 Å². The third-order valence-corrected chi connectivity index (χ3v) is 3.75. The Morgan fingerprint density at radius 1 is 1.35 bits per heavy atom. The van der Waals surface area contributed by atoms with E-state index in [2.05, 4.69) is 10.3 Å². The van der Waals surface area contributed by atoms with Crippen LogP contribution in [0.15, 0.2) is 30.6 Å². The number of carbonyl (C=O) groups is 2. The summed E-state index contributed by atoms with van der Waals surface area (Å²) in [6.45, 7) is 0. The van der Waals surface area contributed by atoms with Crippen molar-refractivity contribution >= 4 is 17.5 Å². The van der Waals surface area contributed by atoms with Gasteiger partial charge in [0.05, 0.1) is 5.92 Å². The third-order valence-electron chi connectivity index (χ3n) is 3.75. The Bertz CT molecular complexity index is 631. The summed E-state index contributed by atoms with van der Waals surface area (Å²) >= 11 is 0. The van der Waals surface area contributed by atoms with Gasteiger partial charge in [-0.3, -0.25) is 9.59 Å². The maximum atomic E-state index is 12.2. The van der Waals surface area contributed by atoms with Crippen LogP contribution in [0.2, 0.25) is 0 Å². The molecule has 2 aromatic rings. The van der Waals surface area contributed by atoms with Gasteiger partial charge in [0.2, 0.25) is 0 Å². The fourth-order valence-corrected chi connectivity index (χ4v) is 2.71. The normalized spacial score (nSPS) is 22.0. The molecule has 1 aliphatic rings. The number of carboxylic acid groups (broad SMARTS) is 1. The van der Waals surface area contributed by atoms with Gasteiger partial charge < -0.3 is 14.8 Å². The van der Waals surface area contributed by atoms with Gasteiger partial charge in [0, 0.05) is 18.4 Å². The topological polar surface area (TPSA) is 83.7 Å². The van der Waals surface area contributed by atoms with Crippen molar-refractivity contribution in [1.82, 2.24) is 14.7 Å². The Morgan fingerprint density at radius 2 is 2.20 bits per heavy atom. The highest BCUT2D eigenvalue weighted by Gasteiger charge is 2.34. The average molecular weight is 273 g/mol. The van der Waals surface area contributed by atoms with Crippen molar-refractivity contribution in [3.05, 3.63) is 36.3 Å². The standard InChI is InChI=1S/C14H15N3O3/c18-13(16-10-5-3-4-9(10)14(19)20)11-8-17-7-2-1-6-12(17)15-11/h1-2,6-10H,3-5H2,(H,16,18)(H,19,20)/t9-,10+/m1/s1. The number of carbonyl (C=O) groups excluding carboxylic acids is 1. The summed E-state index contributed by atoms with van der Waals surface area (Å²) in [5, 5.41) is 11.9. The van der Waals surface area contributed by atoms with E-state index in [-0.39, 0.29) is 11.9 Å². The van der Waals surface area contributed by atoms with Gasteiger partial charge >= 0.3 is 5.97 Å². The molecule has 0 radical (unpaired) electrons. The lowest BCUT2D eigenvalue weighted by molar-refractivity contribution is -0.142. The zero-order valence-corrected chi connectivity index (χ0v) is 10.8. The second-order valence-electron chi connectivity index (χ2n) is 5.05. The van der Waals surface area contributed by atoms with E-state index >= 15 is 0 Å². The molecule has 0 saturated heterocycles. The number of aliphatic carboxylic acids is 1. The Kier molecular flexibility index (Phi) is 3.14. The zero-order valence-electron chi connectivity index (χ0n) is 10.8. The summed E-state index contributed by atoms with van der Waals surface area (Å²) in [5.41, 5.74) is 1.01. The van der Waals surface area contributed by atoms with Crippen molar-refractivity contribution in [1.29, 1.82) is 0 Å². The Labute approximate surface area is 115 Å². The number of hydrogen-bond donors (Lipinski definition) is 2. The van der Waals surface area contributed by atoms with Gasteiger partial charge in [-0.1, -0.05) is 12.5 Å². The van der Waals surface area contributed by atoms with E-state index in [4.69, 9.17) is 5.11 Å². The van der Waals surface area contributed by atoms with Crippen molar-refractivity contribution in [2.75, 3.05) is 0 Å². The molecule has 20 heavy (non-hydrogen) atoms. The van der Waals surface area contributed by atoms with E-state index in [1.165, 1.54) is 0 Å². The van der Waals surface area contributed by atoms with Gasteiger partial charge in [-0.15, -0.1) is 0 Å². The second kappa shape index (κ2) is 4.96. The number of aromatic nitrogens is 2. The van der Waals surface area contributed by atoms with Crippen LogP contribution in [-0.4, -0.2) is 32.4 Å². The largest absolute Gasteiger partial charge is 0.481 e. The Balaban J connectivity index is 1.77. The van der Waals surface area contributed by atoms with Crippen molar-refractivity contribution in [2.24, 2.45) is 5.92 Å². The van der Waals surface area contributed by atoms with Crippen LogP contribution in [0.3, 0.4) is 0 Å². The molecule has 6 nitrogen and oxygen atoms in total. The Morgan fingerprint density at radius 3 is 2.95 bits per heavy atom. The lowest BCUT2D eigenvalue weighted by Gasteiger charge is -2.16. The number of rotatable bonds is 3. The number of imidazole rings is 1. The molecule has 0 aromatic carbocycles. The lowest BCUT2D eigenvalue weighted by Crippen LogP contribution is -2.40. The summed E-state index contributed by atoms with van der Waals surface area (Å²) in [4.78, 5) is 27.5. The van der Waals surface area contributed by atoms with Crippen LogP contribution in [-0.2, 0) is 4.79 Å². The lowest BCUT2D eigenvalue weighted by atomic mass is 10.0. The predicted octanol–water partition coefficient (Wildman–Crippen LogP) is 1.32. The highest BCUT2D eigenvalue weighted by molar-refractivity contribution is 5.93. The van der Waals surface area contributed by atoms with Gasteiger partial charge in [-0.05, 0) is 25.0 Å². The first-order valence-electron chi connectivity index (χ1n) is 6.62. The monoisotopic (exact) mass is 273 g/mol. The summed E-state index contributed by atoms with van der Waals surface area (Å²) in [6.07, 6.45) is 5.61. The number of nitrogens with one attached hydrogen (secondary N) is 1. The number of nitrogens with zero attached hydrogens (tertiary/aromatic N) is 2. The summed E-state index contributed by atoms with van der Waals surface area (Å²) in [7, 11) is 0. The highest BCUT2D eigenvalue weighted by atomic mass is 16.4. The first-order chi connectivity index (χ1) is 9.65. The molecular formula is C14H15N3O3. The minimum atomic E-state index is -0.845. The molecule has 1 aliphatic carbocycles. The number of hydrogen-bond acceptors (Lipinski definition) is 3. The molecule has 0 unspecified atom stereocenters. The molecular weight excluding hydrogens is 258 g/mol. The highest BCUT2D eigenvalue weighted by Crippen LogP contribution is 2.26. The molecule has 2 aromatic heterocycles. The van der Waals surface area contributed by atoms with Gasteiger partial charge in [0.15, 0.2) is 0 Å². The van der Waals surface area contributed by atoms with Crippen LogP contribution < -0.4 is 5.32 Å². The summed E-state index contributed by atoms with van der Waals surface area (Å²) in [6, 6.07) is 5.21. The summed E-state index contributed by atoms with van der Waals surface area (Å²) < 4.78 is 1.76. The molecule has 1 amide bonds. The van der Waals surface area contributed by atoms with E-state index in [9.17, 15) is 9.59 Å². The molecule has 2 N–H and O–H groups in total. The molecule has 0 bridgehead atoms. The fourth-order valence-electron chi connectivity index (χ4n) is 2.71. The van der Waals surface area contributed by atoms with Crippen molar-refractivity contribution in [3.63, 3.8) is 0 Å². The minimum absolute atomic E-state index is 0.301. The molecule has 1 saturated carbocycles. The first kappa shape index (κ1) is 12.7. The molecule has 0 spiro atoms. The predicted molar refractivity (Wildman–Crippen MR) is 71.4 cm³/mol. The smallest absolute Gasteiger partial charge is 0.308 e. The van der Waals surface area contributed by atoms with Crippen LogP contribution in [0.5, 0.6) is 0 Å². The molecule has 0 aliphatic heterocycles. The number of fused-ring (bicyclic) bond motifs is 1. The van der Waals surface area contributed by atoms with Gasteiger partial charge in [-0.25, -0.2) is 4.98 Å². The number of amides is 1. The molecule has 1 fully saturated rings. The van der Waals surface area contributed by atoms with E-state index in [0.29, 0.717) is 24.2 Å². The summed E-state index contributed by atoms with van der Waals surface area (Å²) in [5.74, 6) is -1.65. The fraction of sp³-hybridized carbons (Fsp3) is 0.357. The maximum absolute atomic E-state index is 12.2.